The van der Waals surface area contributed by atoms with Gasteiger partial charge in [-0.3, -0.25) is 9.52 Å². The predicted molar refractivity (Wildman–Crippen MR) is 102 cm³/mol. The summed E-state index contributed by atoms with van der Waals surface area (Å²) in [5.74, 6) is -0.0255. The molecule has 0 fully saturated rings. The van der Waals surface area contributed by atoms with Crippen molar-refractivity contribution in [1.82, 2.24) is 5.32 Å². The van der Waals surface area contributed by atoms with Crippen LogP contribution in [-0.4, -0.2) is 27.0 Å². The quantitative estimate of drug-likeness (QED) is 0.715. The third-order valence-corrected chi connectivity index (χ3v) is 5.29. The van der Waals surface area contributed by atoms with Crippen molar-refractivity contribution in [2.75, 3.05) is 11.3 Å². The zero-order valence-corrected chi connectivity index (χ0v) is 16.1. The first kappa shape index (κ1) is 20.1. The van der Waals surface area contributed by atoms with Gasteiger partial charge in [-0.15, -0.1) is 0 Å². The van der Waals surface area contributed by atoms with E-state index in [0.717, 1.165) is 6.42 Å². The van der Waals surface area contributed by atoms with Crippen molar-refractivity contribution in [3.63, 3.8) is 0 Å². The maximum atomic E-state index is 12.4. The molecule has 2 aromatic carbocycles. The highest BCUT2D eigenvalue weighted by molar-refractivity contribution is 7.92. The van der Waals surface area contributed by atoms with E-state index in [9.17, 15) is 13.2 Å². The van der Waals surface area contributed by atoms with E-state index in [-0.39, 0.29) is 34.2 Å². The van der Waals surface area contributed by atoms with Crippen molar-refractivity contribution >= 4 is 33.2 Å². The molecule has 2 aromatic rings. The largest absolute Gasteiger partial charge is 0.482 e. The first-order valence-corrected chi connectivity index (χ1v) is 9.97. The van der Waals surface area contributed by atoms with Gasteiger partial charge in [0.2, 0.25) is 0 Å². The van der Waals surface area contributed by atoms with Gasteiger partial charge in [0.1, 0.15) is 5.75 Å². The summed E-state index contributed by atoms with van der Waals surface area (Å²) in [5.41, 5.74) is 0.450. The number of hydrogen-bond acceptors (Lipinski definition) is 4. The highest BCUT2D eigenvalue weighted by Crippen LogP contribution is 2.28. The predicted octanol–water partition coefficient (Wildman–Crippen LogP) is 3.43. The molecule has 0 aliphatic heterocycles. The van der Waals surface area contributed by atoms with Crippen molar-refractivity contribution in [3.05, 3.63) is 53.6 Å². The minimum atomic E-state index is -3.77. The number of ether oxygens (including phenoxy) is 1. The van der Waals surface area contributed by atoms with E-state index in [2.05, 4.69) is 10.0 Å². The molecule has 0 aromatic heterocycles. The van der Waals surface area contributed by atoms with E-state index in [0.29, 0.717) is 5.69 Å². The third kappa shape index (κ3) is 5.64. The molecule has 0 spiro atoms. The Hall–Kier alpha value is -2.25. The number of benzene rings is 2. The molecular weight excluding hydrogens is 376 g/mol. The molecule has 6 nitrogen and oxygen atoms in total. The normalized spacial score (nSPS) is 12.3. The van der Waals surface area contributed by atoms with Crippen molar-refractivity contribution in [2.24, 2.45) is 0 Å². The average molecular weight is 397 g/mol. The smallest absolute Gasteiger partial charge is 0.261 e. The Morgan fingerprint density at radius 2 is 1.88 bits per heavy atom. The van der Waals surface area contributed by atoms with Crippen LogP contribution in [0.25, 0.3) is 0 Å². The van der Waals surface area contributed by atoms with E-state index in [1.54, 1.807) is 30.3 Å². The highest BCUT2D eigenvalue weighted by atomic mass is 35.5. The molecule has 0 saturated heterocycles. The standard InChI is InChI=1S/C18H21ClN2O4S/c1-3-13(2)20-18(22)12-25-17-10-9-15(11-16(17)19)26(23,24)21-14-7-5-4-6-8-14/h4-11,13,21H,3,12H2,1-2H3,(H,20,22)/t13-/m1/s1. The Labute approximate surface area is 158 Å². The van der Waals surface area contributed by atoms with Crippen LogP contribution in [0, 0.1) is 0 Å². The Kier molecular flexibility index (Phi) is 6.88. The van der Waals surface area contributed by atoms with Gasteiger partial charge in [0.15, 0.2) is 6.61 Å². The van der Waals surface area contributed by atoms with Gasteiger partial charge in [0, 0.05) is 11.7 Å². The molecule has 26 heavy (non-hydrogen) atoms. The Balaban J connectivity index is 2.05. The van der Waals surface area contributed by atoms with Gasteiger partial charge in [-0.25, -0.2) is 8.42 Å². The number of halogens is 1. The molecule has 0 saturated carbocycles. The molecule has 0 aliphatic rings. The SMILES string of the molecule is CC[C@@H](C)NC(=O)COc1ccc(S(=O)(=O)Nc2ccccc2)cc1Cl. The van der Waals surface area contributed by atoms with Crippen molar-refractivity contribution < 1.29 is 17.9 Å². The van der Waals surface area contributed by atoms with Crippen LogP contribution in [0.15, 0.2) is 53.4 Å². The fourth-order valence-electron chi connectivity index (χ4n) is 2.05. The van der Waals surface area contributed by atoms with Crippen LogP contribution in [0.5, 0.6) is 5.75 Å². The topological polar surface area (TPSA) is 84.5 Å². The molecule has 1 atom stereocenters. The van der Waals surface area contributed by atoms with Crippen LogP contribution in [0.4, 0.5) is 5.69 Å². The second kappa shape index (κ2) is 8.91. The molecule has 2 rings (SSSR count). The second-order valence-corrected chi connectivity index (χ2v) is 7.82. The lowest BCUT2D eigenvalue weighted by Gasteiger charge is -2.13. The van der Waals surface area contributed by atoms with Gasteiger partial charge in [-0.1, -0.05) is 36.7 Å². The molecule has 0 radical (unpaired) electrons. The number of anilines is 1. The number of para-hydroxylation sites is 1. The summed E-state index contributed by atoms with van der Waals surface area (Å²) in [7, 11) is -3.77. The minimum Gasteiger partial charge on any atom is -0.482 e. The van der Waals surface area contributed by atoms with Crippen LogP contribution >= 0.6 is 11.6 Å². The molecule has 1 amide bonds. The van der Waals surface area contributed by atoms with Crippen molar-refractivity contribution in [1.29, 1.82) is 0 Å². The van der Waals surface area contributed by atoms with E-state index in [1.165, 1.54) is 18.2 Å². The second-order valence-electron chi connectivity index (χ2n) is 5.73. The summed E-state index contributed by atoms with van der Waals surface area (Å²) in [6.45, 7) is 3.66. The molecular formula is C18H21ClN2O4S. The number of sulfonamides is 1. The van der Waals surface area contributed by atoms with Crippen LogP contribution in [-0.2, 0) is 14.8 Å². The van der Waals surface area contributed by atoms with Gasteiger partial charge in [-0.05, 0) is 43.7 Å². The van der Waals surface area contributed by atoms with Gasteiger partial charge >= 0.3 is 0 Å². The molecule has 8 heteroatoms. The summed E-state index contributed by atoms with van der Waals surface area (Å²) in [4.78, 5) is 11.7. The first-order chi connectivity index (χ1) is 12.3. The van der Waals surface area contributed by atoms with E-state index < -0.39 is 10.0 Å². The summed E-state index contributed by atoms with van der Waals surface area (Å²) in [5, 5.41) is 2.88. The fraction of sp³-hybridized carbons (Fsp3) is 0.278. The van der Waals surface area contributed by atoms with Crippen LogP contribution in [0.3, 0.4) is 0 Å². The van der Waals surface area contributed by atoms with Crippen LogP contribution < -0.4 is 14.8 Å². The summed E-state index contributed by atoms with van der Waals surface area (Å²) in [6.07, 6.45) is 0.813. The van der Waals surface area contributed by atoms with E-state index in [1.807, 2.05) is 13.8 Å². The number of amides is 1. The Morgan fingerprint density at radius 3 is 2.50 bits per heavy atom. The number of rotatable bonds is 8. The van der Waals surface area contributed by atoms with Gasteiger partial charge in [-0.2, -0.15) is 0 Å². The maximum absolute atomic E-state index is 12.4. The van der Waals surface area contributed by atoms with Crippen LogP contribution in [0.1, 0.15) is 20.3 Å². The molecule has 0 aliphatic carbocycles. The molecule has 0 heterocycles. The number of hydrogen-bond donors (Lipinski definition) is 2. The minimum absolute atomic E-state index is 0.00256. The zero-order valence-electron chi connectivity index (χ0n) is 14.5. The van der Waals surface area contributed by atoms with Gasteiger partial charge in [0.05, 0.1) is 9.92 Å². The first-order valence-electron chi connectivity index (χ1n) is 8.11. The lowest BCUT2D eigenvalue weighted by atomic mass is 10.2. The van der Waals surface area contributed by atoms with Crippen molar-refractivity contribution in [3.8, 4) is 5.75 Å². The number of carbonyl (C=O) groups excluding carboxylic acids is 1. The Bertz CT molecular complexity index is 857. The summed E-state index contributed by atoms with van der Waals surface area (Å²) < 4.78 is 32.7. The third-order valence-electron chi connectivity index (χ3n) is 3.62. The monoisotopic (exact) mass is 396 g/mol. The lowest BCUT2D eigenvalue weighted by molar-refractivity contribution is -0.123. The zero-order chi connectivity index (χ0) is 19.2. The highest BCUT2D eigenvalue weighted by Gasteiger charge is 2.17. The average Bonchev–Trinajstić information content (AvgIpc) is 2.61. The lowest BCUT2D eigenvalue weighted by Crippen LogP contribution is -2.35. The summed E-state index contributed by atoms with van der Waals surface area (Å²) in [6, 6.07) is 12.7. The maximum Gasteiger partial charge on any atom is 0.261 e. The molecule has 2 N–H and O–H groups in total. The van der Waals surface area contributed by atoms with Gasteiger partial charge < -0.3 is 10.1 Å². The van der Waals surface area contributed by atoms with Crippen molar-refractivity contribution in [2.45, 2.75) is 31.2 Å². The Morgan fingerprint density at radius 1 is 1.19 bits per heavy atom. The number of carbonyl (C=O) groups is 1. The van der Waals surface area contributed by atoms with Gasteiger partial charge in [0.25, 0.3) is 15.9 Å². The summed E-state index contributed by atoms with van der Waals surface area (Å²) >= 11 is 6.11. The van der Waals surface area contributed by atoms with E-state index in [4.69, 9.17) is 16.3 Å². The fourth-order valence-corrected chi connectivity index (χ4v) is 3.43. The van der Waals surface area contributed by atoms with E-state index >= 15 is 0 Å². The molecule has 0 unspecified atom stereocenters. The van der Waals surface area contributed by atoms with Crippen LogP contribution in [0.2, 0.25) is 5.02 Å². The molecule has 140 valence electrons. The number of nitrogens with one attached hydrogen (secondary N) is 2. The molecule has 0 bridgehead atoms.